The average molecular weight is 698 g/mol. The molecule has 1 aliphatic rings. The van der Waals surface area contributed by atoms with Crippen LogP contribution in [-0.4, -0.2) is 101 Å². The summed E-state index contributed by atoms with van der Waals surface area (Å²) in [6, 6.07) is 11.7. The highest BCUT2D eigenvalue weighted by Gasteiger charge is 2.31. The van der Waals surface area contributed by atoms with Crippen molar-refractivity contribution in [2.75, 3.05) is 53.7 Å². The van der Waals surface area contributed by atoms with E-state index in [9.17, 15) is 24.0 Å². The molecule has 0 saturated carbocycles. The van der Waals surface area contributed by atoms with Crippen molar-refractivity contribution in [3.63, 3.8) is 0 Å². The molecule has 0 spiro atoms. The summed E-state index contributed by atoms with van der Waals surface area (Å²) < 4.78 is 21.4. The van der Waals surface area contributed by atoms with Crippen molar-refractivity contribution in [2.24, 2.45) is 5.92 Å². The third kappa shape index (κ3) is 13.7. The number of methoxy groups -OCH3 is 2. The van der Waals surface area contributed by atoms with Gasteiger partial charge >= 0.3 is 0 Å². The predicted octanol–water partition coefficient (Wildman–Crippen LogP) is 1.05. The van der Waals surface area contributed by atoms with Crippen molar-refractivity contribution < 1.29 is 42.9 Å². The van der Waals surface area contributed by atoms with E-state index in [1.165, 1.54) is 14.2 Å². The van der Waals surface area contributed by atoms with Crippen molar-refractivity contribution in [3.8, 4) is 11.5 Å². The van der Waals surface area contributed by atoms with Gasteiger partial charge < -0.3 is 45.5 Å². The van der Waals surface area contributed by atoms with Crippen LogP contribution in [0.3, 0.4) is 0 Å². The number of amides is 5. The number of fused-ring (bicyclic) bond motifs is 2. The molecule has 2 aromatic carbocycles. The topological polar surface area (TPSA) is 182 Å². The van der Waals surface area contributed by atoms with Gasteiger partial charge in [0.1, 0.15) is 24.7 Å². The van der Waals surface area contributed by atoms with Gasteiger partial charge in [0.25, 0.3) is 5.91 Å². The number of benzene rings is 2. The fraction of sp³-hybridized carbons (Fsp3) is 0.528. The van der Waals surface area contributed by atoms with Crippen LogP contribution in [0, 0.1) is 5.92 Å². The Morgan fingerprint density at radius 3 is 2.40 bits per heavy atom. The summed E-state index contributed by atoms with van der Waals surface area (Å²) >= 11 is 0. The van der Waals surface area contributed by atoms with Gasteiger partial charge in [-0.1, -0.05) is 50.2 Å². The van der Waals surface area contributed by atoms with E-state index in [1.807, 2.05) is 50.2 Å². The molecular formula is C36H51N5O9. The summed E-state index contributed by atoms with van der Waals surface area (Å²) in [6.45, 7) is 4.13. The lowest BCUT2D eigenvalue weighted by molar-refractivity contribution is -0.135. The molecule has 50 heavy (non-hydrogen) atoms. The Balaban J connectivity index is 1.86. The minimum Gasteiger partial charge on any atom is -0.493 e. The fourth-order valence-corrected chi connectivity index (χ4v) is 5.26. The van der Waals surface area contributed by atoms with E-state index in [4.69, 9.17) is 18.9 Å². The third-order valence-corrected chi connectivity index (χ3v) is 8.00. The van der Waals surface area contributed by atoms with Crippen molar-refractivity contribution in [1.82, 2.24) is 26.6 Å². The summed E-state index contributed by atoms with van der Waals surface area (Å²) in [5, 5.41) is 14.0. The van der Waals surface area contributed by atoms with E-state index in [0.717, 1.165) is 11.1 Å². The number of hydrogen-bond acceptors (Lipinski definition) is 9. The maximum absolute atomic E-state index is 13.8. The summed E-state index contributed by atoms with van der Waals surface area (Å²) in [7, 11) is 3.02. The number of nitrogens with one attached hydrogen (secondary N) is 5. The van der Waals surface area contributed by atoms with Crippen LogP contribution in [0.15, 0.2) is 48.5 Å². The molecule has 5 amide bonds. The standard InChI is InChI=1S/C36H51N5O9/c1-24(2)33-36(46)38-17-8-12-26-14-15-29(48-4)30(21-26)50-23-31(42)37-16-9-13-27(39-32(43)22-49-19-18-47-3)34(44)40-28(35(45)41-33)20-25-10-6-5-7-11-25/h5-7,10-11,14-15,21,24,27-28,33H,8-9,12-13,16-20,22-23H2,1-4H3,(H,37,42)(H,38,46)(H,39,43)(H,40,44)(H,41,45)/t27-,28-,33+/m0/s1. The van der Waals surface area contributed by atoms with Crippen molar-refractivity contribution in [1.29, 1.82) is 0 Å². The summed E-state index contributed by atoms with van der Waals surface area (Å²) in [5.74, 6) is -1.75. The van der Waals surface area contributed by atoms with Crippen molar-refractivity contribution in [2.45, 2.75) is 64.1 Å². The lowest BCUT2D eigenvalue weighted by Crippen LogP contribution is -2.58. The van der Waals surface area contributed by atoms with Gasteiger partial charge in [-0.3, -0.25) is 24.0 Å². The van der Waals surface area contributed by atoms with E-state index in [1.54, 1.807) is 12.1 Å². The predicted molar refractivity (Wildman–Crippen MR) is 186 cm³/mol. The molecule has 0 unspecified atom stereocenters. The molecule has 0 fully saturated rings. The van der Waals surface area contributed by atoms with E-state index in [-0.39, 0.29) is 56.9 Å². The average Bonchev–Trinajstić information content (AvgIpc) is 3.10. The molecule has 3 atom stereocenters. The first-order valence-corrected chi connectivity index (χ1v) is 17.0. The molecule has 14 heteroatoms. The van der Waals surface area contributed by atoms with Gasteiger partial charge in [0.2, 0.25) is 23.6 Å². The Bertz CT molecular complexity index is 1410. The lowest BCUT2D eigenvalue weighted by atomic mass is 10.00. The Kier molecular flexibility index (Phi) is 17.0. The van der Waals surface area contributed by atoms with Gasteiger partial charge in [-0.15, -0.1) is 0 Å². The van der Waals surface area contributed by atoms with Crippen LogP contribution in [0.1, 0.15) is 44.2 Å². The SMILES string of the molecule is COCCOCC(=O)N[C@H]1CCCNC(=O)COc2cc(ccc2OC)CCCNC(=O)[C@@H](C(C)C)NC(=O)[C@H](Cc2ccccc2)NC1=O. The number of carbonyl (C=O) groups excluding carboxylic acids is 5. The minimum absolute atomic E-state index is 0.142. The molecule has 0 aromatic heterocycles. The van der Waals surface area contributed by atoms with Crippen molar-refractivity contribution >= 4 is 29.5 Å². The number of carbonyl (C=O) groups is 5. The zero-order valence-corrected chi connectivity index (χ0v) is 29.4. The molecule has 1 heterocycles. The van der Waals surface area contributed by atoms with Gasteiger partial charge in [-0.25, -0.2) is 0 Å². The van der Waals surface area contributed by atoms with Gasteiger partial charge in [0.05, 0.1) is 20.3 Å². The summed E-state index contributed by atoms with van der Waals surface area (Å²) in [4.78, 5) is 66.2. The lowest BCUT2D eigenvalue weighted by Gasteiger charge is -2.27. The van der Waals surface area contributed by atoms with Crippen LogP contribution < -0.4 is 36.1 Å². The normalized spacial score (nSPS) is 20.1. The molecular weight excluding hydrogens is 646 g/mol. The molecule has 0 radical (unpaired) electrons. The Morgan fingerprint density at radius 2 is 1.68 bits per heavy atom. The first kappa shape index (κ1) is 39.7. The molecule has 2 aromatic rings. The third-order valence-electron chi connectivity index (χ3n) is 8.00. The van der Waals surface area contributed by atoms with Gasteiger partial charge in [0.15, 0.2) is 18.1 Å². The maximum Gasteiger partial charge on any atom is 0.257 e. The number of hydrogen-bond donors (Lipinski definition) is 5. The first-order valence-electron chi connectivity index (χ1n) is 17.0. The fourth-order valence-electron chi connectivity index (χ4n) is 5.26. The van der Waals surface area contributed by atoms with E-state index in [2.05, 4.69) is 26.6 Å². The number of rotatable bonds is 10. The molecule has 274 valence electrons. The second kappa shape index (κ2) is 21.4. The monoisotopic (exact) mass is 697 g/mol. The molecule has 14 nitrogen and oxygen atoms in total. The van der Waals surface area contributed by atoms with Gasteiger partial charge in [-0.05, 0) is 54.9 Å². The van der Waals surface area contributed by atoms with Crippen LogP contribution in [0.4, 0.5) is 0 Å². The Labute approximate surface area is 293 Å². The first-order chi connectivity index (χ1) is 24.1. The van der Waals surface area contributed by atoms with Crippen LogP contribution >= 0.6 is 0 Å². The summed E-state index contributed by atoms with van der Waals surface area (Å²) in [6.07, 6.45) is 1.83. The van der Waals surface area contributed by atoms with E-state index < -0.39 is 35.8 Å². The van der Waals surface area contributed by atoms with E-state index in [0.29, 0.717) is 43.9 Å². The highest BCUT2D eigenvalue weighted by atomic mass is 16.5. The molecule has 2 bridgehead atoms. The number of aryl methyl sites for hydroxylation is 1. The van der Waals surface area contributed by atoms with Gasteiger partial charge in [-0.2, -0.15) is 0 Å². The van der Waals surface area contributed by atoms with Gasteiger partial charge in [0, 0.05) is 26.6 Å². The largest absolute Gasteiger partial charge is 0.493 e. The number of ether oxygens (including phenoxy) is 4. The van der Waals surface area contributed by atoms with Crippen LogP contribution in [-0.2, 0) is 46.3 Å². The molecule has 3 rings (SSSR count). The van der Waals surface area contributed by atoms with Crippen LogP contribution in [0.5, 0.6) is 11.5 Å². The molecule has 0 saturated heterocycles. The zero-order valence-electron chi connectivity index (χ0n) is 29.4. The maximum atomic E-state index is 13.8. The molecule has 0 aliphatic carbocycles. The molecule has 1 aliphatic heterocycles. The van der Waals surface area contributed by atoms with E-state index >= 15 is 0 Å². The summed E-state index contributed by atoms with van der Waals surface area (Å²) in [5.41, 5.74) is 1.72. The zero-order chi connectivity index (χ0) is 36.3. The van der Waals surface area contributed by atoms with Crippen LogP contribution in [0.2, 0.25) is 0 Å². The van der Waals surface area contributed by atoms with Crippen molar-refractivity contribution in [3.05, 3.63) is 59.7 Å². The highest BCUT2D eigenvalue weighted by molar-refractivity contribution is 5.94. The Morgan fingerprint density at radius 1 is 0.920 bits per heavy atom. The molecule has 5 N–H and O–H groups in total. The second-order valence-electron chi connectivity index (χ2n) is 12.3. The minimum atomic E-state index is -1.06. The van der Waals surface area contributed by atoms with Crippen LogP contribution in [0.25, 0.3) is 0 Å². The Hall–Kier alpha value is -4.69. The second-order valence-corrected chi connectivity index (χ2v) is 12.3. The smallest absolute Gasteiger partial charge is 0.257 e. The quantitative estimate of drug-likeness (QED) is 0.227. The highest BCUT2D eigenvalue weighted by Crippen LogP contribution is 2.28.